The Bertz CT molecular complexity index is 381. The summed E-state index contributed by atoms with van der Waals surface area (Å²) in [4.78, 5) is 16.7. The number of benzene rings is 1. The van der Waals surface area contributed by atoms with Gasteiger partial charge in [-0.25, -0.2) is 13.5 Å². The smallest absolute Gasteiger partial charge is 0.434 e. The lowest BCUT2D eigenvalue weighted by molar-refractivity contribution is -0.233. The van der Waals surface area contributed by atoms with Crippen molar-refractivity contribution in [3.8, 4) is 5.75 Å². The standard InChI is InChI=1S/C8H9F2O5P/c9-6-8(10,15-16(11,12)13)14-7-4-2-1-3-5-7/h1-5H,6H2,(H2,11,12,13). The quantitative estimate of drug-likeness (QED) is 0.618. The molecule has 0 amide bonds. The summed E-state index contributed by atoms with van der Waals surface area (Å²) in [6, 6.07) is 3.63. The van der Waals surface area contributed by atoms with Gasteiger partial charge in [-0.2, -0.15) is 4.39 Å². The van der Waals surface area contributed by atoms with Crippen LogP contribution in [0.3, 0.4) is 0 Å². The molecule has 0 bridgehead atoms. The van der Waals surface area contributed by atoms with E-state index in [-0.39, 0.29) is 5.75 Å². The number of alkyl halides is 2. The Morgan fingerprint density at radius 2 is 1.88 bits per heavy atom. The van der Waals surface area contributed by atoms with Crippen molar-refractivity contribution in [3.63, 3.8) is 0 Å². The van der Waals surface area contributed by atoms with E-state index >= 15 is 0 Å². The predicted octanol–water partition coefficient (Wildman–Crippen LogP) is 1.77. The molecule has 8 heteroatoms. The Morgan fingerprint density at radius 3 is 2.31 bits per heavy atom. The first-order chi connectivity index (χ1) is 7.35. The van der Waals surface area contributed by atoms with E-state index in [2.05, 4.69) is 9.26 Å². The van der Waals surface area contributed by atoms with Crippen LogP contribution in [0.5, 0.6) is 5.75 Å². The van der Waals surface area contributed by atoms with Crippen molar-refractivity contribution in [1.29, 1.82) is 0 Å². The van der Waals surface area contributed by atoms with Crippen LogP contribution in [0.4, 0.5) is 8.78 Å². The van der Waals surface area contributed by atoms with E-state index < -0.39 is 20.5 Å². The van der Waals surface area contributed by atoms with Crippen LogP contribution in [-0.2, 0) is 9.09 Å². The van der Waals surface area contributed by atoms with E-state index in [1.165, 1.54) is 24.3 Å². The molecule has 0 heterocycles. The summed E-state index contributed by atoms with van der Waals surface area (Å²) in [6.45, 7) is -1.85. The number of para-hydroxylation sites is 1. The van der Waals surface area contributed by atoms with Gasteiger partial charge in [0.25, 0.3) is 0 Å². The molecule has 0 fully saturated rings. The molecule has 0 aliphatic heterocycles. The molecule has 0 saturated heterocycles. The second-order valence-corrected chi connectivity index (χ2v) is 3.95. The van der Waals surface area contributed by atoms with Gasteiger partial charge in [0.05, 0.1) is 0 Å². The molecule has 16 heavy (non-hydrogen) atoms. The zero-order valence-electron chi connectivity index (χ0n) is 7.92. The lowest BCUT2D eigenvalue weighted by Crippen LogP contribution is -2.35. The van der Waals surface area contributed by atoms with Crippen LogP contribution in [0.2, 0.25) is 0 Å². The van der Waals surface area contributed by atoms with Gasteiger partial charge in [-0.1, -0.05) is 18.2 Å². The molecule has 0 spiro atoms. The second kappa shape index (κ2) is 4.88. The van der Waals surface area contributed by atoms with Crippen LogP contribution in [0, 0.1) is 0 Å². The Hall–Kier alpha value is -1.01. The molecule has 0 aromatic heterocycles. The molecule has 0 aliphatic carbocycles. The van der Waals surface area contributed by atoms with E-state index in [9.17, 15) is 13.3 Å². The van der Waals surface area contributed by atoms with Gasteiger partial charge in [-0.15, -0.1) is 0 Å². The highest BCUT2D eigenvalue weighted by Crippen LogP contribution is 2.42. The van der Waals surface area contributed by atoms with Crippen molar-refractivity contribution in [2.24, 2.45) is 0 Å². The second-order valence-electron chi connectivity index (χ2n) is 2.79. The highest BCUT2D eigenvalue weighted by molar-refractivity contribution is 7.46. The zero-order chi connectivity index (χ0) is 12.2. The fourth-order valence-electron chi connectivity index (χ4n) is 0.912. The first-order valence-corrected chi connectivity index (χ1v) is 5.63. The number of halogens is 2. The molecule has 1 atom stereocenters. The van der Waals surface area contributed by atoms with Crippen molar-refractivity contribution in [1.82, 2.24) is 0 Å². The van der Waals surface area contributed by atoms with Gasteiger partial charge in [0.2, 0.25) is 0 Å². The maximum atomic E-state index is 13.4. The molecule has 5 nitrogen and oxygen atoms in total. The number of phosphoric acid groups is 1. The first-order valence-electron chi connectivity index (χ1n) is 4.10. The number of ether oxygens (including phenoxy) is 1. The Morgan fingerprint density at radius 1 is 1.31 bits per heavy atom. The first kappa shape index (κ1) is 13.1. The van der Waals surface area contributed by atoms with Crippen molar-refractivity contribution < 1.29 is 32.4 Å². The summed E-state index contributed by atoms with van der Waals surface area (Å²) in [5.41, 5.74) is 0. The van der Waals surface area contributed by atoms with Crippen molar-refractivity contribution in [3.05, 3.63) is 30.3 Å². The number of rotatable bonds is 5. The van der Waals surface area contributed by atoms with Crippen LogP contribution in [-0.4, -0.2) is 22.5 Å². The molecule has 1 aromatic rings. The fraction of sp³-hybridized carbons (Fsp3) is 0.250. The third-order valence-corrected chi connectivity index (χ3v) is 1.94. The van der Waals surface area contributed by atoms with Gasteiger partial charge < -0.3 is 14.5 Å². The summed E-state index contributed by atoms with van der Waals surface area (Å²) < 4.78 is 44.0. The summed E-state index contributed by atoms with van der Waals surface area (Å²) in [7, 11) is -5.18. The van der Waals surface area contributed by atoms with Gasteiger partial charge >= 0.3 is 13.9 Å². The highest BCUT2D eigenvalue weighted by Gasteiger charge is 2.41. The fourth-order valence-corrected chi connectivity index (χ4v) is 1.35. The van der Waals surface area contributed by atoms with Gasteiger partial charge in [-0.3, -0.25) is 0 Å². The SMILES string of the molecule is O=P(O)(O)OC(F)(CF)Oc1ccccc1. The lowest BCUT2D eigenvalue weighted by Gasteiger charge is -2.23. The third kappa shape index (κ3) is 4.24. The van der Waals surface area contributed by atoms with Gasteiger partial charge in [-0.05, 0) is 12.1 Å². The normalized spacial score (nSPS) is 15.5. The molecule has 0 aliphatic rings. The summed E-state index contributed by atoms with van der Waals surface area (Å²) >= 11 is 0. The molecule has 0 saturated carbocycles. The minimum atomic E-state index is -5.18. The zero-order valence-corrected chi connectivity index (χ0v) is 8.81. The van der Waals surface area contributed by atoms with Crippen LogP contribution in [0.1, 0.15) is 0 Å². The molecular formula is C8H9F2O5P. The monoisotopic (exact) mass is 254 g/mol. The molecule has 1 unspecified atom stereocenters. The largest absolute Gasteiger partial charge is 0.475 e. The van der Waals surface area contributed by atoms with Crippen LogP contribution in [0.15, 0.2) is 30.3 Å². The topological polar surface area (TPSA) is 76.0 Å². The Labute approximate surface area is 89.9 Å². The third-order valence-electron chi connectivity index (χ3n) is 1.43. The summed E-state index contributed by atoms with van der Waals surface area (Å²) in [6.07, 6.45) is 0. The average molecular weight is 254 g/mol. The van der Waals surface area contributed by atoms with Crippen molar-refractivity contribution in [2.75, 3.05) is 6.67 Å². The average Bonchev–Trinajstić information content (AvgIpc) is 2.16. The lowest BCUT2D eigenvalue weighted by atomic mass is 10.3. The van der Waals surface area contributed by atoms with Crippen LogP contribution < -0.4 is 4.74 Å². The molecule has 90 valence electrons. The van der Waals surface area contributed by atoms with Crippen LogP contribution in [0.25, 0.3) is 0 Å². The number of hydrogen-bond donors (Lipinski definition) is 2. The maximum Gasteiger partial charge on any atom is 0.475 e. The molecule has 0 radical (unpaired) electrons. The Balaban J connectivity index is 2.78. The molecular weight excluding hydrogens is 245 g/mol. The van der Waals surface area contributed by atoms with E-state index in [0.29, 0.717) is 0 Å². The van der Waals surface area contributed by atoms with E-state index in [1.54, 1.807) is 6.07 Å². The molecule has 2 N–H and O–H groups in total. The van der Waals surface area contributed by atoms with Gasteiger partial charge in [0.1, 0.15) is 5.75 Å². The maximum absolute atomic E-state index is 13.4. The highest BCUT2D eigenvalue weighted by atomic mass is 31.2. The number of phosphoric ester groups is 1. The van der Waals surface area contributed by atoms with E-state index in [4.69, 9.17) is 9.79 Å². The van der Waals surface area contributed by atoms with Gasteiger partial charge in [0.15, 0.2) is 6.67 Å². The number of hydrogen-bond acceptors (Lipinski definition) is 3. The molecule has 1 rings (SSSR count). The molecule has 1 aromatic carbocycles. The minimum absolute atomic E-state index is 0.115. The van der Waals surface area contributed by atoms with E-state index in [1.807, 2.05) is 0 Å². The van der Waals surface area contributed by atoms with Crippen molar-refractivity contribution >= 4 is 7.82 Å². The van der Waals surface area contributed by atoms with E-state index in [0.717, 1.165) is 0 Å². The van der Waals surface area contributed by atoms with Crippen molar-refractivity contribution in [2.45, 2.75) is 6.04 Å². The Kier molecular flexibility index (Phi) is 3.98. The summed E-state index contributed by atoms with van der Waals surface area (Å²) in [5, 5.41) is 0. The summed E-state index contributed by atoms with van der Waals surface area (Å²) in [5.74, 6) is -0.115. The predicted molar refractivity (Wildman–Crippen MR) is 50.0 cm³/mol. The van der Waals surface area contributed by atoms with Gasteiger partial charge in [0, 0.05) is 0 Å². The minimum Gasteiger partial charge on any atom is -0.434 e. The van der Waals surface area contributed by atoms with Crippen LogP contribution >= 0.6 is 7.82 Å².